The Hall–Kier alpha value is -0.870. The van der Waals surface area contributed by atoms with Gasteiger partial charge >= 0.3 is 0 Å². The van der Waals surface area contributed by atoms with Crippen molar-refractivity contribution in [2.75, 3.05) is 18.1 Å². The number of sulfone groups is 1. The number of aryl methyl sites for hydroxylation is 1. The SMILES string of the molecule is CCS(=O)(=O)CCCNC1CCCc2ccccc21. The third kappa shape index (κ3) is 4.05. The Kier molecular flexibility index (Phi) is 4.99. The molecule has 0 bridgehead atoms. The highest BCUT2D eigenvalue weighted by Crippen LogP contribution is 2.29. The van der Waals surface area contributed by atoms with Gasteiger partial charge in [0.15, 0.2) is 0 Å². The number of hydrogen-bond acceptors (Lipinski definition) is 3. The van der Waals surface area contributed by atoms with Crippen molar-refractivity contribution in [3.8, 4) is 0 Å². The summed E-state index contributed by atoms with van der Waals surface area (Å²) >= 11 is 0. The summed E-state index contributed by atoms with van der Waals surface area (Å²) in [5.74, 6) is 0.546. The molecule has 0 aromatic heterocycles. The molecule has 3 nitrogen and oxygen atoms in total. The first-order valence-corrected chi connectivity index (χ1v) is 8.96. The molecule has 1 N–H and O–H groups in total. The van der Waals surface area contributed by atoms with E-state index in [0.717, 1.165) is 13.0 Å². The first-order chi connectivity index (χ1) is 9.12. The Labute approximate surface area is 116 Å². The molecule has 2 rings (SSSR count). The first-order valence-electron chi connectivity index (χ1n) is 7.14. The molecule has 1 atom stereocenters. The molecule has 0 fully saturated rings. The average molecular weight is 281 g/mol. The van der Waals surface area contributed by atoms with E-state index < -0.39 is 9.84 Å². The van der Waals surface area contributed by atoms with Gasteiger partial charge in [0.2, 0.25) is 0 Å². The van der Waals surface area contributed by atoms with E-state index in [1.165, 1.54) is 24.0 Å². The lowest BCUT2D eigenvalue weighted by Gasteiger charge is -2.26. The van der Waals surface area contributed by atoms with Crippen LogP contribution in [0.25, 0.3) is 0 Å². The van der Waals surface area contributed by atoms with E-state index in [1.807, 2.05) is 0 Å². The molecule has 1 aliphatic carbocycles. The molecule has 1 aromatic carbocycles. The minimum absolute atomic E-state index is 0.249. The molecule has 0 saturated carbocycles. The zero-order valence-corrected chi connectivity index (χ0v) is 12.4. The van der Waals surface area contributed by atoms with Crippen LogP contribution in [0.1, 0.15) is 43.4 Å². The van der Waals surface area contributed by atoms with Crippen LogP contribution in [0.3, 0.4) is 0 Å². The normalized spacial score (nSPS) is 19.1. The second-order valence-electron chi connectivity index (χ2n) is 5.19. The quantitative estimate of drug-likeness (QED) is 0.815. The molecule has 106 valence electrons. The number of hydrogen-bond donors (Lipinski definition) is 1. The van der Waals surface area contributed by atoms with E-state index in [0.29, 0.717) is 18.2 Å². The van der Waals surface area contributed by atoms with Crippen LogP contribution in [0, 0.1) is 0 Å². The minimum atomic E-state index is -2.82. The van der Waals surface area contributed by atoms with Crippen molar-refractivity contribution in [1.82, 2.24) is 5.32 Å². The third-order valence-electron chi connectivity index (χ3n) is 3.83. The average Bonchev–Trinajstić information content (AvgIpc) is 2.44. The van der Waals surface area contributed by atoms with Crippen LogP contribution in [0.4, 0.5) is 0 Å². The van der Waals surface area contributed by atoms with E-state index in [1.54, 1.807) is 6.92 Å². The molecular formula is C15H23NO2S. The van der Waals surface area contributed by atoms with Crippen molar-refractivity contribution in [1.29, 1.82) is 0 Å². The molecule has 0 aliphatic heterocycles. The summed E-state index contributed by atoms with van der Waals surface area (Å²) in [4.78, 5) is 0. The number of benzene rings is 1. The molecule has 0 radical (unpaired) electrons. The van der Waals surface area contributed by atoms with Gasteiger partial charge in [-0.15, -0.1) is 0 Å². The van der Waals surface area contributed by atoms with Gasteiger partial charge in [-0.25, -0.2) is 8.42 Å². The van der Waals surface area contributed by atoms with Gasteiger partial charge in [0, 0.05) is 11.8 Å². The largest absolute Gasteiger partial charge is 0.310 e. The molecule has 0 heterocycles. The van der Waals surface area contributed by atoms with Gasteiger partial charge in [-0.2, -0.15) is 0 Å². The second kappa shape index (κ2) is 6.53. The predicted octanol–water partition coefficient (Wildman–Crippen LogP) is 2.48. The first kappa shape index (κ1) is 14.5. The predicted molar refractivity (Wildman–Crippen MR) is 79.1 cm³/mol. The van der Waals surface area contributed by atoms with Crippen LogP contribution in [0.2, 0.25) is 0 Å². The number of fused-ring (bicyclic) bond motifs is 1. The summed E-state index contributed by atoms with van der Waals surface area (Å²) in [6.45, 7) is 2.48. The minimum Gasteiger partial charge on any atom is -0.310 e. The number of rotatable bonds is 6. The maximum atomic E-state index is 11.4. The summed E-state index contributed by atoms with van der Waals surface area (Å²) < 4.78 is 22.8. The van der Waals surface area contributed by atoms with E-state index in [9.17, 15) is 8.42 Å². The van der Waals surface area contributed by atoms with Crippen molar-refractivity contribution in [2.24, 2.45) is 0 Å². The summed E-state index contributed by atoms with van der Waals surface area (Å²) in [5.41, 5.74) is 2.83. The lowest BCUT2D eigenvalue weighted by molar-refractivity contribution is 0.460. The molecule has 1 aliphatic rings. The van der Waals surface area contributed by atoms with Gasteiger partial charge in [0.1, 0.15) is 9.84 Å². The number of nitrogens with one attached hydrogen (secondary N) is 1. The third-order valence-corrected chi connectivity index (χ3v) is 5.62. The molecule has 0 amide bonds. The highest BCUT2D eigenvalue weighted by molar-refractivity contribution is 7.91. The summed E-state index contributed by atoms with van der Waals surface area (Å²) in [5, 5.41) is 3.51. The Morgan fingerprint density at radius 3 is 2.89 bits per heavy atom. The van der Waals surface area contributed by atoms with E-state index in [-0.39, 0.29) is 5.75 Å². The summed E-state index contributed by atoms with van der Waals surface area (Å²) in [6, 6.07) is 8.96. The monoisotopic (exact) mass is 281 g/mol. The Balaban J connectivity index is 1.85. The molecule has 0 spiro atoms. The van der Waals surface area contributed by atoms with Gasteiger partial charge in [0.25, 0.3) is 0 Å². The van der Waals surface area contributed by atoms with E-state index >= 15 is 0 Å². The molecule has 4 heteroatoms. The Morgan fingerprint density at radius 2 is 2.11 bits per heavy atom. The van der Waals surface area contributed by atoms with Crippen molar-refractivity contribution in [3.63, 3.8) is 0 Å². The van der Waals surface area contributed by atoms with Crippen LogP contribution in [-0.4, -0.2) is 26.5 Å². The van der Waals surface area contributed by atoms with Gasteiger partial charge in [0.05, 0.1) is 5.75 Å². The van der Waals surface area contributed by atoms with E-state index in [4.69, 9.17) is 0 Å². The second-order valence-corrected chi connectivity index (χ2v) is 7.66. The maximum absolute atomic E-state index is 11.4. The highest BCUT2D eigenvalue weighted by atomic mass is 32.2. The van der Waals surface area contributed by atoms with Crippen LogP contribution in [-0.2, 0) is 16.3 Å². The molecule has 19 heavy (non-hydrogen) atoms. The molecule has 0 saturated heterocycles. The standard InChI is InChI=1S/C15H23NO2S/c1-2-19(17,18)12-6-11-16-15-10-5-8-13-7-3-4-9-14(13)15/h3-4,7,9,15-16H,2,5-6,8,10-12H2,1H3. The topological polar surface area (TPSA) is 46.2 Å². The zero-order chi connectivity index (χ0) is 13.7. The van der Waals surface area contributed by atoms with Gasteiger partial charge in [-0.05, 0) is 43.4 Å². The van der Waals surface area contributed by atoms with Crippen molar-refractivity contribution < 1.29 is 8.42 Å². The van der Waals surface area contributed by atoms with Crippen molar-refractivity contribution in [2.45, 2.75) is 38.6 Å². The van der Waals surface area contributed by atoms with Gasteiger partial charge < -0.3 is 5.32 Å². The van der Waals surface area contributed by atoms with Crippen molar-refractivity contribution in [3.05, 3.63) is 35.4 Å². The Bertz CT molecular complexity index is 511. The van der Waals surface area contributed by atoms with Crippen molar-refractivity contribution >= 4 is 9.84 Å². The van der Waals surface area contributed by atoms with Gasteiger partial charge in [-0.3, -0.25) is 0 Å². The maximum Gasteiger partial charge on any atom is 0.150 e. The fourth-order valence-corrected chi connectivity index (χ4v) is 3.55. The smallest absolute Gasteiger partial charge is 0.150 e. The zero-order valence-electron chi connectivity index (χ0n) is 11.6. The lowest BCUT2D eigenvalue weighted by Crippen LogP contribution is -2.27. The fraction of sp³-hybridized carbons (Fsp3) is 0.600. The van der Waals surface area contributed by atoms with Crippen LogP contribution in [0.15, 0.2) is 24.3 Å². The lowest BCUT2D eigenvalue weighted by atomic mass is 9.88. The summed E-state index contributed by atoms with van der Waals surface area (Å²) in [7, 11) is -2.82. The van der Waals surface area contributed by atoms with Crippen LogP contribution in [0.5, 0.6) is 0 Å². The van der Waals surface area contributed by atoms with Gasteiger partial charge in [-0.1, -0.05) is 31.2 Å². The summed E-state index contributed by atoms with van der Waals surface area (Å²) in [6.07, 6.45) is 4.23. The van der Waals surface area contributed by atoms with Crippen LogP contribution >= 0.6 is 0 Å². The highest BCUT2D eigenvalue weighted by Gasteiger charge is 2.18. The van der Waals surface area contributed by atoms with Crippen LogP contribution < -0.4 is 5.32 Å². The molecule has 1 aromatic rings. The van der Waals surface area contributed by atoms with E-state index in [2.05, 4.69) is 29.6 Å². The molecular weight excluding hydrogens is 258 g/mol. The Morgan fingerprint density at radius 1 is 1.32 bits per heavy atom. The molecule has 1 unspecified atom stereocenters. The fourth-order valence-electron chi connectivity index (χ4n) is 2.68.